The summed E-state index contributed by atoms with van der Waals surface area (Å²) in [5.74, 6) is -0.411. The van der Waals surface area contributed by atoms with E-state index in [9.17, 15) is 13.2 Å². The molecule has 0 bridgehead atoms. The van der Waals surface area contributed by atoms with Crippen molar-refractivity contribution in [1.82, 2.24) is 9.03 Å². The lowest BCUT2D eigenvalue weighted by Crippen LogP contribution is -2.41. The van der Waals surface area contributed by atoms with Gasteiger partial charge in [-0.3, -0.25) is 4.79 Å². The van der Waals surface area contributed by atoms with Crippen molar-refractivity contribution in [3.05, 3.63) is 21.9 Å². The van der Waals surface area contributed by atoms with Crippen molar-refractivity contribution in [1.29, 1.82) is 0 Å². The quantitative estimate of drug-likeness (QED) is 0.871. The summed E-state index contributed by atoms with van der Waals surface area (Å²) >= 11 is 1.68. The Bertz CT molecular complexity index is 560. The number of carbonyl (C=O) groups is 1. The summed E-state index contributed by atoms with van der Waals surface area (Å²) in [6, 6.07) is 2.05. The molecule has 0 spiro atoms. The number of aryl methyl sites for hydroxylation is 2. The monoisotopic (exact) mass is 316 g/mol. The smallest absolute Gasteiger partial charge is 0.274 e. The standard InChI is InChI=1S/C13H20N2O3S2/c1-11-7-10-19-12(11)5-4-6-13(16)14-20(17,18)15-8-2-3-9-15/h7,10H,2-6,8-9H2,1H3,(H,14,16). The second kappa shape index (κ2) is 6.69. The second-order valence-corrected chi connectivity index (χ2v) is 7.69. The van der Waals surface area contributed by atoms with Crippen molar-refractivity contribution in [3.8, 4) is 0 Å². The van der Waals surface area contributed by atoms with Gasteiger partial charge in [-0.15, -0.1) is 11.3 Å². The molecular weight excluding hydrogens is 296 g/mol. The Hall–Kier alpha value is -0.920. The summed E-state index contributed by atoms with van der Waals surface area (Å²) in [6.45, 7) is 3.07. The Balaban J connectivity index is 1.76. The topological polar surface area (TPSA) is 66.5 Å². The molecule has 5 nitrogen and oxygen atoms in total. The first-order valence-corrected chi connectivity index (χ1v) is 9.15. The predicted molar refractivity (Wildman–Crippen MR) is 79.9 cm³/mol. The van der Waals surface area contributed by atoms with Crippen molar-refractivity contribution in [2.45, 2.75) is 39.0 Å². The molecule has 112 valence electrons. The number of hydrogen-bond donors (Lipinski definition) is 1. The lowest BCUT2D eigenvalue weighted by molar-refractivity contribution is -0.119. The maximum Gasteiger partial charge on any atom is 0.303 e. The van der Waals surface area contributed by atoms with E-state index in [-0.39, 0.29) is 6.42 Å². The van der Waals surface area contributed by atoms with Gasteiger partial charge in [-0.2, -0.15) is 12.7 Å². The van der Waals surface area contributed by atoms with Crippen molar-refractivity contribution < 1.29 is 13.2 Å². The highest BCUT2D eigenvalue weighted by molar-refractivity contribution is 7.87. The van der Waals surface area contributed by atoms with E-state index in [4.69, 9.17) is 0 Å². The Morgan fingerprint density at radius 3 is 2.70 bits per heavy atom. The molecule has 1 N–H and O–H groups in total. The van der Waals surface area contributed by atoms with Crippen LogP contribution in [0.15, 0.2) is 11.4 Å². The van der Waals surface area contributed by atoms with Crippen LogP contribution in [-0.4, -0.2) is 31.7 Å². The van der Waals surface area contributed by atoms with Gasteiger partial charge in [0.25, 0.3) is 0 Å². The number of thiophene rings is 1. The lowest BCUT2D eigenvalue weighted by Gasteiger charge is -2.15. The van der Waals surface area contributed by atoms with Crippen LogP contribution in [0.4, 0.5) is 0 Å². The van der Waals surface area contributed by atoms with Gasteiger partial charge in [-0.05, 0) is 49.6 Å². The van der Waals surface area contributed by atoms with Crippen molar-refractivity contribution in [2.24, 2.45) is 0 Å². The first-order valence-electron chi connectivity index (χ1n) is 6.83. The molecule has 2 heterocycles. The summed E-state index contributed by atoms with van der Waals surface area (Å²) in [4.78, 5) is 13.0. The van der Waals surface area contributed by atoms with E-state index in [1.165, 1.54) is 14.7 Å². The minimum Gasteiger partial charge on any atom is -0.274 e. The molecule has 0 aliphatic carbocycles. The van der Waals surface area contributed by atoms with Gasteiger partial charge in [0.15, 0.2) is 0 Å². The van der Waals surface area contributed by atoms with Crippen molar-refractivity contribution in [2.75, 3.05) is 13.1 Å². The highest BCUT2D eigenvalue weighted by atomic mass is 32.2. The van der Waals surface area contributed by atoms with Crippen LogP contribution in [0.25, 0.3) is 0 Å². The summed E-state index contributed by atoms with van der Waals surface area (Å²) in [7, 11) is -3.62. The highest BCUT2D eigenvalue weighted by Gasteiger charge is 2.26. The van der Waals surface area contributed by atoms with Crippen LogP contribution < -0.4 is 4.72 Å². The molecule has 0 unspecified atom stereocenters. The van der Waals surface area contributed by atoms with E-state index >= 15 is 0 Å². The number of nitrogens with one attached hydrogen (secondary N) is 1. The average molecular weight is 316 g/mol. The molecule has 1 fully saturated rings. The minimum atomic E-state index is -3.62. The minimum absolute atomic E-state index is 0.240. The molecule has 0 saturated carbocycles. The van der Waals surface area contributed by atoms with E-state index in [0.717, 1.165) is 19.3 Å². The number of rotatable bonds is 6. The largest absolute Gasteiger partial charge is 0.303 e. The van der Waals surface area contributed by atoms with Gasteiger partial charge in [0.2, 0.25) is 5.91 Å². The summed E-state index contributed by atoms with van der Waals surface area (Å²) in [5.41, 5.74) is 1.24. The van der Waals surface area contributed by atoms with Crippen LogP contribution in [0.3, 0.4) is 0 Å². The normalized spacial score (nSPS) is 16.4. The molecule has 1 aromatic heterocycles. The fourth-order valence-corrected chi connectivity index (χ4v) is 4.47. The maximum atomic E-state index is 11.9. The molecule has 0 atom stereocenters. The highest BCUT2D eigenvalue weighted by Crippen LogP contribution is 2.18. The summed E-state index contributed by atoms with van der Waals surface area (Å²) in [6.07, 6.45) is 3.47. The molecule has 1 aromatic rings. The Morgan fingerprint density at radius 2 is 2.10 bits per heavy atom. The molecule has 0 aromatic carbocycles. The molecule has 1 amide bonds. The Morgan fingerprint density at radius 1 is 1.40 bits per heavy atom. The fraction of sp³-hybridized carbons (Fsp3) is 0.615. The molecular formula is C13H20N2O3S2. The van der Waals surface area contributed by atoms with E-state index in [1.807, 2.05) is 12.3 Å². The first kappa shape index (κ1) is 15.5. The van der Waals surface area contributed by atoms with Gasteiger partial charge < -0.3 is 0 Å². The van der Waals surface area contributed by atoms with E-state index in [0.29, 0.717) is 19.5 Å². The summed E-state index contributed by atoms with van der Waals surface area (Å²) < 4.78 is 27.3. The maximum absolute atomic E-state index is 11.9. The third-order valence-corrected chi connectivity index (χ3v) is 6.04. The summed E-state index contributed by atoms with van der Waals surface area (Å²) in [5, 5.41) is 2.03. The van der Waals surface area contributed by atoms with Gasteiger partial charge in [0.05, 0.1) is 0 Å². The lowest BCUT2D eigenvalue weighted by atomic mass is 10.1. The van der Waals surface area contributed by atoms with Crippen LogP contribution in [0, 0.1) is 6.92 Å². The van der Waals surface area contributed by atoms with E-state index in [1.54, 1.807) is 11.3 Å². The SMILES string of the molecule is Cc1ccsc1CCCC(=O)NS(=O)(=O)N1CCCC1. The molecule has 1 aliphatic heterocycles. The molecule has 2 rings (SSSR count). The molecule has 20 heavy (non-hydrogen) atoms. The fourth-order valence-electron chi connectivity index (χ4n) is 2.26. The van der Waals surface area contributed by atoms with E-state index < -0.39 is 16.1 Å². The average Bonchev–Trinajstić information content (AvgIpc) is 3.01. The van der Waals surface area contributed by atoms with Gasteiger partial charge in [-0.25, -0.2) is 4.72 Å². The molecule has 1 saturated heterocycles. The zero-order valence-corrected chi connectivity index (χ0v) is 13.2. The number of hydrogen-bond acceptors (Lipinski definition) is 4. The van der Waals surface area contributed by atoms with Gasteiger partial charge in [0, 0.05) is 24.4 Å². The molecule has 1 aliphatic rings. The zero-order chi connectivity index (χ0) is 14.6. The van der Waals surface area contributed by atoms with Crippen LogP contribution in [0.5, 0.6) is 0 Å². The Kier molecular flexibility index (Phi) is 5.17. The number of amides is 1. The molecule has 7 heteroatoms. The zero-order valence-electron chi connectivity index (χ0n) is 11.6. The van der Waals surface area contributed by atoms with Crippen LogP contribution in [0.2, 0.25) is 0 Å². The van der Waals surface area contributed by atoms with Crippen LogP contribution >= 0.6 is 11.3 Å². The van der Waals surface area contributed by atoms with Crippen molar-refractivity contribution >= 4 is 27.5 Å². The second-order valence-electron chi connectivity index (χ2n) is 5.02. The van der Waals surface area contributed by atoms with E-state index in [2.05, 4.69) is 10.8 Å². The first-order chi connectivity index (χ1) is 9.49. The van der Waals surface area contributed by atoms with Crippen molar-refractivity contribution in [3.63, 3.8) is 0 Å². The third kappa shape index (κ3) is 4.04. The molecule has 0 radical (unpaired) electrons. The number of carbonyl (C=O) groups excluding carboxylic acids is 1. The van der Waals surface area contributed by atoms with Gasteiger partial charge >= 0.3 is 10.2 Å². The Labute approximate surface area is 124 Å². The number of nitrogens with zero attached hydrogens (tertiary/aromatic N) is 1. The predicted octanol–water partition coefficient (Wildman–Crippen LogP) is 1.84. The third-order valence-electron chi connectivity index (χ3n) is 3.42. The van der Waals surface area contributed by atoms with Gasteiger partial charge in [0.1, 0.15) is 0 Å². The van der Waals surface area contributed by atoms with Gasteiger partial charge in [-0.1, -0.05) is 0 Å². The van der Waals surface area contributed by atoms with Crippen LogP contribution in [-0.2, 0) is 21.4 Å². The van der Waals surface area contributed by atoms with Crippen LogP contribution in [0.1, 0.15) is 36.1 Å².